The fourth-order valence-electron chi connectivity index (χ4n) is 3.61. The van der Waals surface area contributed by atoms with Gasteiger partial charge in [0.15, 0.2) is 0 Å². The number of piperidine rings is 2. The zero-order chi connectivity index (χ0) is 14.7. The minimum absolute atomic E-state index is 0. The van der Waals surface area contributed by atoms with Gasteiger partial charge in [-0.1, -0.05) is 6.42 Å². The van der Waals surface area contributed by atoms with E-state index in [1.807, 2.05) is 12.1 Å². The summed E-state index contributed by atoms with van der Waals surface area (Å²) in [7, 11) is 0. The van der Waals surface area contributed by atoms with Crippen LogP contribution < -0.4 is 4.90 Å². The van der Waals surface area contributed by atoms with Gasteiger partial charge in [0.1, 0.15) is 0 Å². The molecule has 0 bridgehead atoms. The number of likely N-dealkylation sites (tertiary alicyclic amines) is 1. The molecular weight excluding hydrogens is 300 g/mol. The first-order chi connectivity index (χ1) is 10.3. The maximum absolute atomic E-state index is 11.0. The highest BCUT2D eigenvalue weighted by Gasteiger charge is 2.28. The summed E-state index contributed by atoms with van der Waals surface area (Å²) < 4.78 is 0. The lowest BCUT2D eigenvalue weighted by molar-refractivity contribution is 0.0697. The third kappa shape index (κ3) is 3.73. The molecule has 1 atom stereocenters. The second-order valence-corrected chi connectivity index (χ2v) is 6.12. The Labute approximate surface area is 138 Å². The van der Waals surface area contributed by atoms with E-state index < -0.39 is 5.97 Å². The molecule has 0 spiro atoms. The standard InChI is InChI=1S/C17H24N2O2.ClH/c20-17(21)14-7-9-15(10-8-14)19-13-5-2-6-16(19)18-11-3-1-4-12-18;/h7-10,16H,1-6,11-13H2,(H,20,21);1H. The fourth-order valence-corrected chi connectivity index (χ4v) is 3.61. The van der Waals surface area contributed by atoms with Gasteiger partial charge >= 0.3 is 5.97 Å². The molecule has 0 radical (unpaired) electrons. The Kier molecular flexibility index (Phi) is 6.09. The van der Waals surface area contributed by atoms with Gasteiger partial charge < -0.3 is 10.0 Å². The van der Waals surface area contributed by atoms with Crippen LogP contribution in [-0.4, -0.2) is 41.8 Å². The average molecular weight is 325 g/mol. The van der Waals surface area contributed by atoms with Crippen LogP contribution in [-0.2, 0) is 0 Å². The highest BCUT2D eigenvalue weighted by molar-refractivity contribution is 5.88. The van der Waals surface area contributed by atoms with Crippen molar-refractivity contribution in [2.24, 2.45) is 0 Å². The van der Waals surface area contributed by atoms with Crippen LogP contribution in [0, 0.1) is 0 Å². The quantitative estimate of drug-likeness (QED) is 0.922. The smallest absolute Gasteiger partial charge is 0.335 e. The molecular formula is C17H25ClN2O2. The molecule has 1 unspecified atom stereocenters. The molecule has 0 aliphatic carbocycles. The number of hydrogen-bond donors (Lipinski definition) is 1. The van der Waals surface area contributed by atoms with Crippen molar-refractivity contribution in [1.29, 1.82) is 0 Å². The number of anilines is 1. The number of carboxylic acid groups (broad SMARTS) is 1. The van der Waals surface area contributed by atoms with Crippen LogP contribution in [0.3, 0.4) is 0 Å². The third-order valence-electron chi connectivity index (χ3n) is 4.73. The van der Waals surface area contributed by atoms with Gasteiger partial charge in [-0.2, -0.15) is 0 Å². The first-order valence-corrected chi connectivity index (χ1v) is 8.10. The van der Waals surface area contributed by atoms with Gasteiger partial charge in [0.2, 0.25) is 0 Å². The lowest BCUT2D eigenvalue weighted by Gasteiger charge is -2.45. The number of benzene rings is 1. The first kappa shape index (κ1) is 17.1. The number of aromatic carboxylic acids is 1. The molecule has 0 amide bonds. The SMILES string of the molecule is Cl.O=C(O)c1ccc(N2CCCCC2N2CCCCC2)cc1. The molecule has 22 heavy (non-hydrogen) atoms. The molecule has 1 aromatic rings. The van der Waals surface area contributed by atoms with Crippen LogP contribution in [0.25, 0.3) is 0 Å². The van der Waals surface area contributed by atoms with Crippen LogP contribution in [0.2, 0.25) is 0 Å². The van der Waals surface area contributed by atoms with Crippen LogP contribution in [0.5, 0.6) is 0 Å². The Morgan fingerprint density at radius 2 is 1.59 bits per heavy atom. The Morgan fingerprint density at radius 1 is 0.955 bits per heavy atom. The highest BCUT2D eigenvalue weighted by atomic mass is 35.5. The molecule has 2 fully saturated rings. The van der Waals surface area contributed by atoms with Crippen molar-refractivity contribution < 1.29 is 9.90 Å². The van der Waals surface area contributed by atoms with Crippen molar-refractivity contribution in [3.8, 4) is 0 Å². The zero-order valence-electron chi connectivity index (χ0n) is 12.9. The van der Waals surface area contributed by atoms with E-state index in [9.17, 15) is 4.79 Å². The van der Waals surface area contributed by atoms with E-state index in [0.717, 1.165) is 12.2 Å². The Bertz CT molecular complexity index is 486. The molecule has 2 saturated heterocycles. The van der Waals surface area contributed by atoms with E-state index in [1.165, 1.54) is 51.6 Å². The molecule has 2 aliphatic rings. The minimum atomic E-state index is -0.854. The van der Waals surface area contributed by atoms with E-state index >= 15 is 0 Å². The largest absolute Gasteiger partial charge is 0.478 e. The van der Waals surface area contributed by atoms with Crippen molar-refractivity contribution in [3.05, 3.63) is 29.8 Å². The van der Waals surface area contributed by atoms with E-state index in [4.69, 9.17) is 5.11 Å². The first-order valence-electron chi connectivity index (χ1n) is 8.10. The van der Waals surface area contributed by atoms with Crippen LogP contribution >= 0.6 is 12.4 Å². The summed E-state index contributed by atoms with van der Waals surface area (Å²) in [4.78, 5) is 16.1. The monoisotopic (exact) mass is 324 g/mol. The summed E-state index contributed by atoms with van der Waals surface area (Å²) >= 11 is 0. The summed E-state index contributed by atoms with van der Waals surface area (Å²) in [5, 5.41) is 9.02. The lowest BCUT2D eigenvalue weighted by Crippen LogP contribution is -2.52. The highest BCUT2D eigenvalue weighted by Crippen LogP contribution is 2.28. The van der Waals surface area contributed by atoms with Gasteiger partial charge in [-0.25, -0.2) is 4.79 Å². The summed E-state index contributed by atoms with van der Waals surface area (Å²) in [5.74, 6) is -0.854. The lowest BCUT2D eigenvalue weighted by atomic mass is 10.0. The maximum Gasteiger partial charge on any atom is 0.335 e. The molecule has 5 heteroatoms. The summed E-state index contributed by atoms with van der Waals surface area (Å²) in [5.41, 5.74) is 1.53. The molecule has 1 N–H and O–H groups in total. The molecule has 4 nitrogen and oxygen atoms in total. The van der Waals surface area contributed by atoms with Crippen molar-refractivity contribution in [2.75, 3.05) is 24.5 Å². The molecule has 0 saturated carbocycles. The normalized spacial score (nSPS) is 22.9. The van der Waals surface area contributed by atoms with Gasteiger partial charge in [-0.05, 0) is 56.4 Å². The van der Waals surface area contributed by atoms with E-state index in [-0.39, 0.29) is 12.4 Å². The predicted octanol–water partition coefficient (Wildman–Crippen LogP) is 3.61. The summed E-state index contributed by atoms with van der Waals surface area (Å²) in [6, 6.07) is 7.37. The summed E-state index contributed by atoms with van der Waals surface area (Å²) in [6.07, 6.45) is 8.22. The van der Waals surface area contributed by atoms with Gasteiger partial charge in [0, 0.05) is 25.3 Å². The van der Waals surface area contributed by atoms with Crippen molar-refractivity contribution in [3.63, 3.8) is 0 Å². The zero-order valence-corrected chi connectivity index (χ0v) is 13.7. The van der Waals surface area contributed by atoms with Crippen LogP contribution in [0.4, 0.5) is 5.69 Å². The molecule has 2 aliphatic heterocycles. The molecule has 1 aromatic carbocycles. The fraction of sp³-hybridized carbons (Fsp3) is 0.588. The van der Waals surface area contributed by atoms with E-state index in [0.29, 0.717) is 11.7 Å². The van der Waals surface area contributed by atoms with Gasteiger partial charge in [0.05, 0.1) is 11.7 Å². The maximum atomic E-state index is 11.0. The predicted molar refractivity (Wildman–Crippen MR) is 91.1 cm³/mol. The number of rotatable bonds is 3. The molecule has 2 heterocycles. The Hall–Kier alpha value is -1.26. The number of halogens is 1. The Morgan fingerprint density at radius 3 is 2.23 bits per heavy atom. The van der Waals surface area contributed by atoms with Crippen molar-refractivity contribution >= 4 is 24.1 Å². The second kappa shape index (κ2) is 7.84. The van der Waals surface area contributed by atoms with Gasteiger partial charge in [-0.15, -0.1) is 12.4 Å². The van der Waals surface area contributed by atoms with Crippen LogP contribution in [0.1, 0.15) is 48.9 Å². The number of carbonyl (C=O) groups is 1. The second-order valence-electron chi connectivity index (χ2n) is 6.12. The van der Waals surface area contributed by atoms with Crippen LogP contribution in [0.15, 0.2) is 24.3 Å². The van der Waals surface area contributed by atoms with Crippen molar-refractivity contribution in [2.45, 2.75) is 44.7 Å². The number of hydrogen-bond acceptors (Lipinski definition) is 3. The minimum Gasteiger partial charge on any atom is -0.478 e. The third-order valence-corrected chi connectivity index (χ3v) is 4.73. The summed E-state index contributed by atoms with van der Waals surface area (Å²) in [6.45, 7) is 3.48. The van der Waals surface area contributed by atoms with E-state index in [1.54, 1.807) is 12.1 Å². The van der Waals surface area contributed by atoms with Gasteiger partial charge in [-0.3, -0.25) is 4.90 Å². The average Bonchev–Trinajstić information content (AvgIpc) is 2.56. The number of carboxylic acids is 1. The number of nitrogens with zero attached hydrogens (tertiary/aromatic N) is 2. The molecule has 122 valence electrons. The molecule has 0 aromatic heterocycles. The topological polar surface area (TPSA) is 43.8 Å². The van der Waals surface area contributed by atoms with Gasteiger partial charge in [0.25, 0.3) is 0 Å². The molecule has 3 rings (SSSR count). The van der Waals surface area contributed by atoms with E-state index in [2.05, 4.69) is 9.80 Å². The Balaban J connectivity index is 0.00000176. The van der Waals surface area contributed by atoms with Crippen molar-refractivity contribution in [1.82, 2.24) is 4.90 Å².